The van der Waals surface area contributed by atoms with E-state index < -0.39 is 0 Å². The van der Waals surface area contributed by atoms with Crippen molar-refractivity contribution >= 4 is 5.91 Å². The highest BCUT2D eigenvalue weighted by Gasteiger charge is 2.23. The van der Waals surface area contributed by atoms with Crippen LogP contribution in [0.4, 0.5) is 0 Å². The fourth-order valence-corrected chi connectivity index (χ4v) is 2.15. The molecule has 0 bridgehead atoms. The van der Waals surface area contributed by atoms with E-state index in [1.54, 1.807) is 30.3 Å². The lowest BCUT2D eigenvalue weighted by Gasteiger charge is -2.30. The Morgan fingerprint density at radius 3 is 2.85 bits per heavy atom. The van der Waals surface area contributed by atoms with Gasteiger partial charge in [0, 0.05) is 38.1 Å². The van der Waals surface area contributed by atoms with E-state index in [1.165, 1.54) is 0 Å². The highest BCUT2D eigenvalue weighted by molar-refractivity contribution is 5.92. The summed E-state index contributed by atoms with van der Waals surface area (Å²) in [7, 11) is 1.81. The van der Waals surface area contributed by atoms with Gasteiger partial charge >= 0.3 is 0 Å². The summed E-state index contributed by atoms with van der Waals surface area (Å²) in [6, 6.07) is 3.62. The van der Waals surface area contributed by atoms with Crippen molar-refractivity contribution in [1.82, 2.24) is 9.88 Å². The molecule has 0 unspecified atom stereocenters. The van der Waals surface area contributed by atoms with E-state index in [0.29, 0.717) is 24.5 Å². The molecule has 0 aromatic carbocycles. The molecule has 1 amide bonds. The van der Waals surface area contributed by atoms with Crippen molar-refractivity contribution in [2.75, 3.05) is 26.9 Å². The second-order valence-corrected chi connectivity index (χ2v) is 4.65. The summed E-state index contributed by atoms with van der Waals surface area (Å²) in [5, 5.41) is 8.62. The zero-order valence-corrected chi connectivity index (χ0v) is 11.5. The number of aliphatic hydroxyl groups is 1. The smallest absolute Gasteiger partial charge is 0.272 e. The molecule has 1 fully saturated rings. The Hall–Kier alpha value is -1.90. The Morgan fingerprint density at radius 2 is 2.25 bits per heavy atom. The number of pyridine rings is 1. The van der Waals surface area contributed by atoms with E-state index in [1.807, 2.05) is 0 Å². The number of nitrogens with zero attached hydrogens (tertiary/aromatic N) is 2. The van der Waals surface area contributed by atoms with E-state index in [0.717, 1.165) is 12.8 Å². The van der Waals surface area contributed by atoms with Crippen LogP contribution in [0.25, 0.3) is 0 Å². The molecule has 1 aliphatic heterocycles. The first-order valence-corrected chi connectivity index (χ1v) is 6.63. The molecule has 5 nitrogen and oxygen atoms in total. The van der Waals surface area contributed by atoms with E-state index in [9.17, 15) is 4.79 Å². The van der Waals surface area contributed by atoms with Crippen LogP contribution in [0.15, 0.2) is 18.3 Å². The summed E-state index contributed by atoms with van der Waals surface area (Å²) in [4.78, 5) is 18.2. The molecule has 2 rings (SSSR count). The van der Waals surface area contributed by atoms with Gasteiger partial charge in [0.05, 0.1) is 0 Å². The third kappa shape index (κ3) is 3.56. The topological polar surface area (TPSA) is 62.7 Å². The van der Waals surface area contributed by atoms with Gasteiger partial charge < -0.3 is 14.7 Å². The molecule has 1 aromatic rings. The monoisotopic (exact) mass is 274 g/mol. The van der Waals surface area contributed by atoms with Crippen molar-refractivity contribution in [3.05, 3.63) is 29.6 Å². The van der Waals surface area contributed by atoms with Gasteiger partial charge in [0.2, 0.25) is 0 Å². The molecule has 20 heavy (non-hydrogen) atoms. The van der Waals surface area contributed by atoms with Crippen molar-refractivity contribution in [3.63, 3.8) is 0 Å². The standard InChI is InChI=1S/C15H18N2O3/c1-17(13-6-9-20-10-7-13)15(19)14-5-4-12(11-16-14)3-2-8-18/h4-5,11,13,18H,6-10H2,1H3. The quantitative estimate of drug-likeness (QED) is 0.805. The van der Waals surface area contributed by atoms with Crippen LogP contribution in [-0.4, -0.2) is 53.8 Å². The fourth-order valence-electron chi connectivity index (χ4n) is 2.15. The molecule has 0 atom stereocenters. The van der Waals surface area contributed by atoms with Crippen molar-refractivity contribution in [2.24, 2.45) is 0 Å². The number of aromatic nitrogens is 1. The average Bonchev–Trinajstić information content (AvgIpc) is 2.53. The van der Waals surface area contributed by atoms with Gasteiger partial charge in [-0.05, 0) is 25.0 Å². The first kappa shape index (κ1) is 14.5. The maximum absolute atomic E-state index is 12.3. The van der Waals surface area contributed by atoms with Crippen LogP contribution in [0.1, 0.15) is 28.9 Å². The summed E-state index contributed by atoms with van der Waals surface area (Å²) in [5.74, 6) is 5.21. The first-order valence-electron chi connectivity index (χ1n) is 6.63. The van der Waals surface area contributed by atoms with Gasteiger partial charge in [0.15, 0.2) is 0 Å². The predicted octanol–water partition coefficient (Wildman–Crippen LogP) is 0.676. The van der Waals surface area contributed by atoms with Crippen LogP contribution in [-0.2, 0) is 4.74 Å². The minimum atomic E-state index is -0.187. The summed E-state index contributed by atoms with van der Waals surface area (Å²) in [6.07, 6.45) is 3.28. The van der Waals surface area contributed by atoms with Gasteiger partial charge in [0.25, 0.3) is 5.91 Å². The molecule has 2 heterocycles. The van der Waals surface area contributed by atoms with Gasteiger partial charge in [-0.25, -0.2) is 4.98 Å². The van der Waals surface area contributed by atoms with Gasteiger partial charge in [-0.3, -0.25) is 4.79 Å². The summed E-state index contributed by atoms with van der Waals surface area (Å²) in [6.45, 7) is 1.21. The van der Waals surface area contributed by atoms with E-state index in [-0.39, 0.29) is 18.6 Å². The normalized spacial score (nSPS) is 15.3. The minimum Gasteiger partial charge on any atom is -0.384 e. The highest BCUT2D eigenvalue weighted by Crippen LogP contribution is 2.15. The molecular formula is C15H18N2O3. The highest BCUT2D eigenvalue weighted by atomic mass is 16.5. The SMILES string of the molecule is CN(C(=O)c1ccc(C#CCO)cn1)C1CCOCC1. The van der Waals surface area contributed by atoms with Crippen molar-refractivity contribution < 1.29 is 14.6 Å². The van der Waals surface area contributed by atoms with Crippen molar-refractivity contribution in [2.45, 2.75) is 18.9 Å². The van der Waals surface area contributed by atoms with E-state index in [4.69, 9.17) is 9.84 Å². The van der Waals surface area contributed by atoms with Crippen LogP contribution < -0.4 is 0 Å². The van der Waals surface area contributed by atoms with E-state index in [2.05, 4.69) is 16.8 Å². The molecule has 0 saturated carbocycles. The number of hydrogen-bond donors (Lipinski definition) is 1. The lowest BCUT2D eigenvalue weighted by molar-refractivity contribution is 0.0359. The number of amides is 1. The van der Waals surface area contributed by atoms with E-state index >= 15 is 0 Å². The molecule has 106 valence electrons. The van der Waals surface area contributed by atoms with Crippen LogP contribution in [0, 0.1) is 11.8 Å². The Labute approximate surface area is 118 Å². The summed E-state index contributed by atoms with van der Waals surface area (Å²) >= 11 is 0. The number of hydrogen-bond acceptors (Lipinski definition) is 4. The molecule has 1 aromatic heterocycles. The minimum absolute atomic E-state index is 0.0847. The van der Waals surface area contributed by atoms with Crippen LogP contribution in [0.5, 0.6) is 0 Å². The zero-order valence-electron chi connectivity index (χ0n) is 11.5. The third-order valence-corrected chi connectivity index (χ3v) is 3.35. The molecule has 0 radical (unpaired) electrons. The predicted molar refractivity (Wildman–Crippen MR) is 74.1 cm³/mol. The van der Waals surface area contributed by atoms with Crippen molar-refractivity contribution in [3.8, 4) is 11.8 Å². The summed E-state index contributed by atoms with van der Waals surface area (Å²) in [5.41, 5.74) is 1.10. The lowest BCUT2D eigenvalue weighted by Crippen LogP contribution is -2.40. The fraction of sp³-hybridized carbons (Fsp3) is 0.467. The van der Waals surface area contributed by atoms with Crippen LogP contribution in [0.2, 0.25) is 0 Å². The number of rotatable bonds is 2. The van der Waals surface area contributed by atoms with Crippen molar-refractivity contribution in [1.29, 1.82) is 0 Å². The molecule has 1 saturated heterocycles. The van der Waals surface area contributed by atoms with Crippen LogP contribution in [0.3, 0.4) is 0 Å². The third-order valence-electron chi connectivity index (χ3n) is 3.35. The Morgan fingerprint density at radius 1 is 1.50 bits per heavy atom. The van der Waals surface area contributed by atoms with Gasteiger partial charge in [0.1, 0.15) is 12.3 Å². The second kappa shape index (κ2) is 7.04. The average molecular weight is 274 g/mol. The van der Waals surface area contributed by atoms with Crippen LogP contribution >= 0.6 is 0 Å². The molecule has 0 spiro atoms. The molecule has 5 heteroatoms. The zero-order chi connectivity index (χ0) is 14.4. The number of carbonyl (C=O) groups excluding carboxylic acids is 1. The Bertz CT molecular complexity index is 510. The maximum Gasteiger partial charge on any atom is 0.272 e. The molecule has 1 N–H and O–H groups in total. The number of ether oxygens (including phenoxy) is 1. The number of aliphatic hydroxyl groups excluding tert-OH is 1. The van der Waals surface area contributed by atoms with Gasteiger partial charge in [-0.1, -0.05) is 11.8 Å². The maximum atomic E-state index is 12.3. The van der Waals surface area contributed by atoms with Gasteiger partial charge in [-0.15, -0.1) is 0 Å². The van der Waals surface area contributed by atoms with Gasteiger partial charge in [-0.2, -0.15) is 0 Å². The largest absolute Gasteiger partial charge is 0.384 e. The number of carbonyl (C=O) groups is 1. The Kier molecular flexibility index (Phi) is 5.10. The first-order chi connectivity index (χ1) is 9.72. The Balaban J connectivity index is 2.04. The molecular weight excluding hydrogens is 256 g/mol. The second-order valence-electron chi connectivity index (χ2n) is 4.65. The molecule has 1 aliphatic rings. The lowest BCUT2D eigenvalue weighted by atomic mass is 10.1. The summed E-state index contributed by atoms with van der Waals surface area (Å²) < 4.78 is 5.30. The molecule has 0 aliphatic carbocycles.